The number of aromatic nitrogens is 15. The van der Waals surface area contributed by atoms with Gasteiger partial charge in [-0.25, -0.2) is 47.5 Å². The molecule has 3 atom stereocenters. The Labute approximate surface area is 766 Å². The number of carbonyl (C=O) groups excluding carboxylic acids is 6. The lowest BCUT2D eigenvalue weighted by molar-refractivity contribution is -0.136. The number of anilines is 5. The van der Waals surface area contributed by atoms with Gasteiger partial charge in [0, 0.05) is 132 Å². The number of nitrogen functional groups attached to an aromatic ring is 5. The number of amides is 6. The number of hydrogen-bond acceptors (Lipinski definition) is 23. The number of hydrogen-bond donors (Lipinski definition) is 5. The van der Waals surface area contributed by atoms with Crippen LogP contribution in [0.2, 0.25) is 0 Å². The normalized spacial score (nSPS) is 15.4. The second-order valence-corrected chi connectivity index (χ2v) is 34.0. The molecule has 2 unspecified atom stereocenters. The maximum Gasteiger partial charge on any atom is 0.255 e. The van der Waals surface area contributed by atoms with Crippen molar-refractivity contribution in [1.29, 1.82) is 0 Å². The summed E-state index contributed by atoms with van der Waals surface area (Å²) in [7, 11) is 3.45. The van der Waals surface area contributed by atoms with Crippen molar-refractivity contribution in [2.75, 3.05) is 108 Å². The summed E-state index contributed by atoms with van der Waals surface area (Å²) in [5.41, 5.74) is 43.1. The van der Waals surface area contributed by atoms with E-state index < -0.39 is 0 Å². The summed E-state index contributed by atoms with van der Waals surface area (Å²) < 4.78 is 13.2. The van der Waals surface area contributed by atoms with Crippen LogP contribution in [-0.4, -0.2) is 230 Å². The number of piperidine rings is 2. The van der Waals surface area contributed by atoms with Crippen molar-refractivity contribution in [3.63, 3.8) is 0 Å². The van der Waals surface area contributed by atoms with Gasteiger partial charge < -0.3 is 62.8 Å². The summed E-state index contributed by atoms with van der Waals surface area (Å²) in [6.07, 6.45) is 18.3. The van der Waals surface area contributed by atoms with E-state index in [1.807, 2.05) is 190 Å². The molecule has 10 N–H and O–H groups in total. The van der Waals surface area contributed by atoms with Gasteiger partial charge in [-0.05, 0) is 132 Å². The predicted octanol–water partition coefficient (Wildman–Crippen LogP) is 13.5. The Bertz CT molecular complexity index is 6760. The van der Waals surface area contributed by atoms with Crippen LogP contribution in [0.25, 0.3) is 84.5 Å². The Kier molecular flexibility index (Phi) is 28.0. The van der Waals surface area contributed by atoms with E-state index in [0.29, 0.717) is 153 Å². The highest BCUT2D eigenvalue weighted by atomic mass is 32.1. The highest BCUT2D eigenvalue weighted by molar-refractivity contribution is 7.13. The van der Waals surface area contributed by atoms with Gasteiger partial charge in [-0.1, -0.05) is 158 Å². The molecule has 0 saturated carbocycles. The van der Waals surface area contributed by atoms with Gasteiger partial charge in [0.2, 0.25) is 5.91 Å². The van der Waals surface area contributed by atoms with Crippen molar-refractivity contribution in [3.05, 3.63) is 264 Å². The van der Waals surface area contributed by atoms with E-state index in [2.05, 4.69) is 69.5 Å². The SMILES string of the molecule is CC1CCCCN1C(=O)c1cc(N)c2nc(-c3ccccc3)nn2c1.CCN(CC)C(=O)C1CCCN(C(=O)c2cc(N)c3nc(-c4ccccc4)nn3c2)C1.CN(CCc1ccccc1)C(=O)c1cc(N)c2nc(-c3cccs3)nn2c1.COC[C@@H]1CCCN1C(=O)c1cc(N)c2nc(-c3ccccc3)nn2c1.Nc1cc(C(=O)N2CCCC2)cn2nc(-c3ccccc3)nc12. The summed E-state index contributed by atoms with van der Waals surface area (Å²) in [5, 5.41) is 24.4. The topological polar surface area (TPSA) is 412 Å². The van der Waals surface area contributed by atoms with Crippen LogP contribution in [0.3, 0.4) is 0 Å². The van der Waals surface area contributed by atoms with Gasteiger partial charge in [-0.15, -0.1) is 36.8 Å². The van der Waals surface area contributed by atoms with Crippen molar-refractivity contribution in [2.24, 2.45) is 5.92 Å². The zero-order chi connectivity index (χ0) is 92.1. The number of benzene rings is 5. The molecule has 16 aromatic rings. The zero-order valence-electron chi connectivity index (χ0n) is 74.4. The molecule has 11 aromatic heterocycles. The Morgan fingerprint density at radius 1 is 0.417 bits per heavy atom. The van der Waals surface area contributed by atoms with Crippen molar-refractivity contribution in [2.45, 2.75) is 97.1 Å². The monoisotopic (exact) mass is 1790 g/mol. The number of thiophene rings is 1. The van der Waals surface area contributed by atoms with Crippen LogP contribution in [-0.2, 0) is 16.0 Å². The first-order valence-corrected chi connectivity index (χ1v) is 45.4. The number of likely N-dealkylation sites (N-methyl/N-ethyl adjacent to an activating group) is 1. The highest BCUT2D eigenvalue weighted by Gasteiger charge is 2.34. The van der Waals surface area contributed by atoms with Gasteiger partial charge in [0.15, 0.2) is 57.4 Å². The summed E-state index contributed by atoms with van der Waals surface area (Å²) in [5.74, 6) is 2.66. The Morgan fingerprint density at radius 2 is 0.788 bits per heavy atom. The fraction of sp³-hybridized carbons (Fsp3) is 0.286. The Morgan fingerprint density at radius 3 is 1.21 bits per heavy atom. The quantitative estimate of drug-likeness (QED) is 0.0532. The van der Waals surface area contributed by atoms with Crippen LogP contribution < -0.4 is 28.7 Å². The van der Waals surface area contributed by atoms with E-state index >= 15 is 0 Å². The highest BCUT2D eigenvalue weighted by Crippen LogP contribution is 2.32. The summed E-state index contributed by atoms with van der Waals surface area (Å²) in [4.78, 5) is 112. The summed E-state index contributed by atoms with van der Waals surface area (Å²) in [6.45, 7) is 12.8. The molecular formula is C98H106N26O7S. The average molecular weight is 1790 g/mol. The third-order valence-corrected chi connectivity index (χ3v) is 24.8. The molecule has 34 heteroatoms. The van der Waals surface area contributed by atoms with E-state index in [1.54, 1.807) is 119 Å². The number of nitrogens with two attached hydrogens (primary N) is 5. The van der Waals surface area contributed by atoms with E-state index in [1.165, 1.54) is 12.0 Å². The smallest absolute Gasteiger partial charge is 0.255 e. The standard InChI is InChI=1S/C23H28N6O2.C20H19N5OS.C19H21N5O2.C19H21N5O.C17H17N5O/c1-3-27(4-2)22(30)17-11-8-12-28(14-17)23(31)18-13-19(24)21-25-20(26-29(21)15-18)16-9-6-5-7-10-16;1-24(10-9-14-6-3-2-4-7-14)20(26)15-12-16(21)19-22-18(23-25(19)13-15)17-8-5-11-27-17;1-26-12-15-8-5-9-23(15)19(25)14-10-16(20)18-21-17(22-24(18)11-14)13-6-3-2-4-7-13;1-13-7-5-6-10-23(13)19(25)15-11-16(20)18-21-17(22-24(18)12-15)14-8-3-2-4-9-14;18-14-10-13(17(23)21-8-4-5-9-21)11-22-16(14)19-15(20-22)12-6-2-1-3-7-12/h5-7,9-10,13,15,17H,3-4,8,11-12,14,24H2,1-2H3;2-8,11-13H,9-10,21H2,1H3;2-4,6-7,10-11,15H,5,8-9,12,20H2,1H3;2-4,8-9,11-13H,5-7,10,20H2,1H3;1-3,6-7,10-11H,4-5,8-9,18H2/t;;15-;;/m..0../s1. The third kappa shape index (κ3) is 20.4. The van der Waals surface area contributed by atoms with Crippen LogP contribution in [0.1, 0.15) is 136 Å². The maximum absolute atomic E-state index is 13.2. The molecule has 4 fully saturated rings. The number of methoxy groups -OCH3 is 1. The molecule has 20 rings (SSSR count). The molecule has 0 radical (unpaired) electrons. The van der Waals surface area contributed by atoms with Crippen LogP contribution >= 0.6 is 11.3 Å². The number of pyridine rings is 5. The van der Waals surface area contributed by atoms with Gasteiger partial charge in [0.25, 0.3) is 29.5 Å². The molecule has 0 aliphatic carbocycles. The lowest BCUT2D eigenvalue weighted by Gasteiger charge is -2.34. The number of rotatable bonds is 18. The van der Waals surface area contributed by atoms with Crippen molar-refractivity contribution < 1.29 is 33.5 Å². The van der Waals surface area contributed by atoms with Gasteiger partial charge in [0.05, 0.1) is 79.7 Å². The second kappa shape index (κ2) is 41.0. The van der Waals surface area contributed by atoms with Crippen LogP contribution in [0.5, 0.6) is 0 Å². The molecule has 0 bridgehead atoms. The summed E-state index contributed by atoms with van der Waals surface area (Å²) in [6, 6.07) is 61.6. The minimum atomic E-state index is -0.158. The molecule has 676 valence electrons. The first-order valence-electron chi connectivity index (χ1n) is 44.5. The first kappa shape index (κ1) is 90.0. The van der Waals surface area contributed by atoms with Crippen molar-refractivity contribution in [3.8, 4) is 56.3 Å². The first-order chi connectivity index (χ1) is 64.1. The maximum atomic E-state index is 13.2. The lowest BCUT2D eigenvalue weighted by atomic mass is 9.96. The Balaban J connectivity index is 0.000000121. The second-order valence-electron chi connectivity index (χ2n) is 33.0. The van der Waals surface area contributed by atoms with Crippen LogP contribution in [0.4, 0.5) is 28.4 Å². The molecule has 4 aliphatic heterocycles. The van der Waals surface area contributed by atoms with Gasteiger partial charge in [-0.2, -0.15) is 0 Å². The molecule has 15 heterocycles. The fourth-order valence-corrected chi connectivity index (χ4v) is 17.5. The molecule has 6 amide bonds. The van der Waals surface area contributed by atoms with Crippen molar-refractivity contribution in [1.82, 2.24) is 102 Å². The molecule has 4 aliphatic rings. The van der Waals surface area contributed by atoms with Gasteiger partial charge in [-0.3, -0.25) is 28.8 Å². The number of ether oxygens (including phenoxy) is 1. The molecule has 0 spiro atoms. The van der Waals surface area contributed by atoms with E-state index in [0.717, 1.165) is 111 Å². The zero-order valence-corrected chi connectivity index (χ0v) is 75.2. The number of nitrogens with zero attached hydrogens (tertiary/aromatic N) is 21. The lowest BCUT2D eigenvalue weighted by Crippen LogP contribution is -2.46. The number of fused-ring (bicyclic) bond motifs is 5. The predicted molar refractivity (Wildman–Crippen MR) is 511 cm³/mol. The summed E-state index contributed by atoms with van der Waals surface area (Å²) >= 11 is 1.56. The molecule has 33 nitrogen and oxygen atoms in total. The van der Waals surface area contributed by atoms with Crippen molar-refractivity contribution >= 4 is 103 Å². The third-order valence-electron chi connectivity index (χ3n) is 23.9. The molecule has 4 saturated heterocycles. The van der Waals surface area contributed by atoms with Gasteiger partial charge in [0.1, 0.15) is 0 Å². The fourth-order valence-electron chi connectivity index (χ4n) is 16.9. The van der Waals surface area contributed by atoms with Crippen LogP contribution in [0, 0.1) is 5.92 Å². The van der Waals surface area contributed by atoms with E-state index in [9.17, 15) is 28.8 Å². The van der Waals surface area contributed by atoms with Gasteiger partial charge >= 0.3 is 0 Å². The molecule has 5 aromatic carbocycles. The number of likely N-dealkylation sites (tertiary alicyclic amines) is 4. The number of carbonyl (C=O) groups is 6. The average Bonchev–Trinajstić information content (AvgIpc) is 1.65. The van der Waals surface area contributed by atoms with Crippen LogP contribution in [0.15, 0.2) is 230 Å². The largest absolute Gasteiger partial charge is 0.396 e. The van der Waals surface area contributed by atoms with E-state index in [4.69, 9.17) is 33.4 Å². The molecule has 132 heavy (non-hydrogen) atoms. The minimum Gasteiger partial charge on any atom is -0.396 e. The minimum absolute atomic E-state index is 0.00728. The Hall–Kier alpha value is -15.3. The molecular weight excluding hydrogens is 1690 g/mol. The van der Waals surface area contributed by atoms with E-state index in [-0.39, 0.29) is 53.4 Å².